The zero-order chi connectivity index (χ0) is 16.8. The van der Waals surface area contributed by atoms with Gasteiger partial charge in [0.1, 0.15) is 5.75 Å². The van der Waals surface area contributed by atoms with Crippen LogP contribution in [-0.4, -0.2) is 18.7 Å². The molecule has 0 aromatic heterocycles. The van der Waals surface area contributed by atoms with Gasteiger partial charge in [-0.25, -0.2) is 0 Å². The van der Waals surface area contributed by atoms with Crippen molar-refractivity contribution in [3.05, 3.63) is 71.3 Å². The van der Waals surface area contributed by atoms with E-state index in [2.05, 4.69) is 0 Å². The average Bonchev–Trinajstić information content (AvgIpc) is 2.63. The molecule has 0 radical (unpaired) electrons. The largest absolute Gasteiger partial charge is 0.465 e. The molecule has 3 rings (SSSR count). The number of hydrogen-bond donors (Lipinski definition) is 0. The van der Waals surface area contributed by atoms with E-state index < -0.39 is 0 Å². The summed E-state index contributed by atoms with van der Waals surface area (Å²) in [6.45, 7) is 2.71. The number of rotatable bonds is 5. The number of ketones is 1. The van der Waals surface area contributed by atoms with E-state index in [1.54, 1.807) is 6.08 Å². The molecule has 0 aliphatic carbocycles. The third-order valence-electron chi connectivity index (χ3n) is 4.08. The maximum absolute atomic E-state index is 12.3. The van der Waals surface area contributed by atoms with Gasteiger partial charge in [-0.05, 0) is 55.2 Å². The third kappa shape index (κ3) is 4.33. The van der Waals surface area contributed by atoms with Crippen molar-refractivity contribution in [1.29, 1.82) is 0 Å². The van der Waals surface area contributed by atoms with Gasteiger partial charge in [-0.15, -0.1) is 0 Å². The minimum absolute atomic E-state index is 0.0116. The highest BCUT2D eigenvalue weighted by Gasteiger charge is 2.16. The smallest absolute Gasteiger partial charge is 0.199 e. The van der Waals surface area contributed by atoms with Gasteiger partial charge in [0, 0.05) is 12.0 Å². The number of aryl methyl sites for hydroxylation is 1. The Morgan fingerprint density at radius 2 is 2.00 bits per heavy atom. The lowest BCUT2D eigenvalue weighted by Gasteiger charge is -2.24. The van der Waals surface area contributed by atoms with E-state index in [1.807, 2.05) is 61.5 Å². The van der Waals surface area contributed by atoms with E-state index in [-0.39, 0.29) is 12.1 Å². The van der Waals surface area contributed by atoms with Gasteiger partial charge >= 0.3 is 0 Å². The van der Waals surface area contributed by atoms with Crippen LogP contribution < -0.4 is 4.74 Å². The first-order chi connectivity index (χ1) is 11.7. The molecule has 1 atom stereocenters. The molecule has 0 spiro atoms. The van der Waals surface area contributed by atoms with Crippen molar-refractivity contribution in [3.8, 4) is 5.75 Å². The molecule has 2 aromatic rings. The summed E-state index contributed by atoms with van der Waals surface area (Å²) in [5.41, 5.74) is 2.62. The number of hydrogen-bond acceptors (Lipinski definition) is 3. The molecule has 0 saturated carbocycles. The summed E-state index contributed by atoms with van der Waals surface area (Å²) in [4.78, 5) is 12.3. The molecule has 1 saturated heterocycles. The fourth-order valence-electron chi connectivity index (χ4n) is 2.71. The van der Waals surface area contributed by atoms with Crippen LogP contribution in [0.15, 0.2) is 54.6 Å². The number of benzene rings is 2. The maximum atomic E-state index is 12.3. The lowest BCUT2D eigenvalue weighted by Crippen LogP contribution is -2.25. The topological polar surface area (TPSA) is 35.5 Å². The predicted molar refractivity (Wildman–Crippen MR) is 95.2 cm³/mol. The van der Waals surface area contributed by atoms with Crippen LogP contribution in [0.1, 0.15) is 40.7 Å². The minimum Gasteiger partial charge on any atom is -0.465 e. The monoisotopic (exact) mass is 322 g/mol. The fraction of sp³-hybridized carbons (Fsp3) is 0.286. The Balaban J connectivity index is 1.67. The van der Waals surface area contributed by atoms with Crippen molar-refractivity contribution in [2.75, 3.05) is 6.61 Å². The second kappa shape index (κ2) is 7.93. The first-order valence-electron chi connectivity index (χ1n) is 8.39. The van der Waals surface area contributed by atoms with Crippen LogP contribution in [0.25, 0.3) is 6.08 Å². The number of ether oxygens (including phenoxy) is 2. The molecular weight excluding hydrogens is 300 g/mol. The van der Waals surface area contributed by atoms with Crippen molar-refractivity contribution >= 4 is 11.9 Å². The highest BCUT2D eigenvalue weighted by molar-refractivity contribution is 6.07. The van der Waals surface area contributed by atoms with Gasteiger partial charge in [0.25, 0.3) is 0 Å². The molecule has 3 heteroatoms. The van der Waals surface area contributed by atoms with Gasteiger partial charge in [0.05, 0.1) is 6.61 Å². The Bertz CT molecular complexity index is 713. The van der Waals surface area contributed by atoms with Gasteiger partial charge in [-0.2, -0.15) is 0 Å². The van der Waals surface area contributed by atoms with Crippen molar-refractivity contribution in [2.45, 2.75) is 32.5 Å². The molecule has 1 aliphatic heterocycles. The third-order valence-corrected chi connectivity index (χ3v) is 4.08. The predicted octanol–water partition coefficient (Wildman–Crippen LogP) is 4.80. The van der Waals surface area contributed by atoms with E-state index in [1.165, 1.54) is 0 Å². The van der Waals surface area contributed by atoms with Crippen LogP contribution >= 0.6 is 0 Å². The number of carbonyl (C=O) groups excluding carboxylic acids is 1. The second-order valence-electron chi connectivity index (χ2n) is 6.00. The maximum Gasteiger partial charge on any atom is 0.199 e. The van der Waals surface area contributed by atoms with Crippen LogP contribution in [0.5, 0.6) is 5.75 Å². The molecular formula is C21H22O3. The quantitative estimate of drug-likeness (QED) is 0.586. The molecule has 0 N–H and O–H groups in total. The normalized spacial score (nSPS) is 17.8. The van der Waals surface area contributed by atoms with Crippen LogP contribution in [0.4, 0.5) is 0 Å². The van der Waals surface area contributed by atoms with Gasteiger partial charge in [-0.3, -0.25) is 4.79 Å². The van der Waals surface area contributed by atoms with Crippen molar-refractivity contribution in [1.82, 2.24) is 0 Å². The lowest BCUT2D eigenvalue weighted by atomic mass is 10.1. The summed E-state index contributed by atoms with van der Waals surface area (Å²) in [5, 5.41) is 0. The molecule has 1 fully saturated rings. The number of allylic oxidation sites excluding steroid dienone is 1. The Hall–Kier alpha value is -2.39. The molecule has 24 heavy (non-hydrogen) atoms. The van der Waals surface area contributed by atoms with Crippen molar-refractivity contribution in [2.24, 2.45) is 0 Å². The summed E-state index contributed by atoms with van der Waals surface area (Å²) in [6, 6.07) is 15.3. The fourth-order valence-corrected chi connectivity index (χ4v) is 2.71. The highest BCUT2D eigenvalue weighted by atomic mass is 16.7. The van der Waals surface area contributed by atoms with Gasteiger partial charge in [0.15, 0.2) is 12.1 Å². The van der Waals surface area contributed by atoms with Crippen molar-refractivity contribution in [3.63, 3.8) is 0 Å². The van der Waals surface area contributed by atoms with E-state index in [4.69, 9.17) is 9.47 Å². The Labute approximate surface area is 142 Å². The first kappa shape index (κ1) is 16.5. The summed E-state index contributed by atoms with van der Waals surface area (Å²) in [7, 11) is 0. The van der Waals surface area contributed by atoms with E-state index in [9.17, 15) is 4.79 Å². The van der Waals surface area contributed by atoms with Gasteiger partial charge < -0.3 is 9.47 Å². The SMILES string of the molecule is Cc1cc(C(=O)C=Cc2ccccc2)ccc1OC1CCCCO1. The molecule has 124 valence electrons. The second-order valence-corrected chi connectivity index (χ2v) is 6.00. The van der Waals surface area contributed by atoms with Crippen LogP contribution in [0.2, 0.25) is 0 Å². The molecule has 1 unspecified atom stereocenters. The van der Waals surface area contributed by atoms with Gasteiger partial charge in [-0.1, -0.05) is 36.4 Å². The van der Waals surface area contributed by atoms with Crippen molar-refractivity contribution < 1.29 is 14.3 Å². The molecule has 1 heterocycles. The molecule has 1 aliphatic rings. The minimum atomic E-state index is -0.169. The van der Waals surface area contributed by atoms with Crippen LogP contribution in [-0.2, 0) is 4.74 Å². The van der Waals surface area contributed by atoms with E-state index in [0.29, 0.717) is 5.56 Å². The Kier molecular flexibility index (Phi) is 5.44. The Morgan fingerprint density at radius 3 is 2.71 bits per heavy atom. The lowest BCUT2D eigenvalue weighted by molar-refractivity contribution is -0.106. The summed E-state index contributed by atoms with van der Waals surface area (Å²) < 4.78 is 11.5. The molecule has 0 amide bonds. The standard InChI is InChI=1S/C21H22O3/c1-16-15-18(19(22)12-10-17-7-3-2-4-8-17)11-13-20(16)24-21-9-5-6-14-23-21/h2-4,7-8,10-13,15,21H,5-6,9,14H2,1H3. The van der Waals surface area contributed by atoms with Crippen LogP contribution in [0.3, 0.4) is 0 Å². The molecule has 0 bridgehead atoms. The Morgan fingerprint density at radius 1 is 1.17 bits per heavy atom. The molecule has 2 aromatic carbocycles. The van der Waals surface area contributed by atoms with E-state index >= 15 is 0 Å². The number of carbonyl (C=O) groups is 1. The zero-order valence-corrected chi connectivity index (χ0v) is 13.9. The summed E-state index contributed by atoms with van der Waals surface area (Å²) in [5.74, 6) is 0.771. The molecule has 3 nitrogen and oxygen atoms in total. The van der Waals surface area contributed by atoms with E-state index in [0.717, 1.165) is 42.7 Å². The zero-order valence-electron chi connectivity index (χ0n) is 13.9. The average molecular weight is 322 g/mol. The summed E-state index contributed by atoms with van der Waals surface area (Å²) in [6.07, 6.45) is 6.41. The first-order valence-corrected chi connectivity index (χ1v) is 8.39. The summed E-state index contributed by atoms with van der Waals surface area (Å²) >= 11 is 0. The van der Waals surface area contributed by atoms with Crippen LogP contribution in [0, 0.1) is 6.92 Å². The highest BCUT2D eigenvalue weighted by Crippen LogP contribution is 2.24. The van der Waals surface area contributed by atoms with Gasteiger partial charge in [0.2, 0.25) is 0 Å².